The summed E-state index contributed by atoms with van der Waals surface area (Å²) in [6, 6.07) is 13.0. The largest absolute Gasteiger partial charge is 0.361 e. The molecule has 0 saturated heterocycles. The first-order chi connectivity index (χ1) is 10.1. The van der Waals surface area contributed by atoms with Crippen molar-refractivity contribution < 1.29 is 4.92 Å². The van der Waals surface area contributed by atoms with Crippen LogP contribution in [0, 0.1) is 17.0 Å². The number of H-pyrrole nitrogens is 1. The minimum atomic E-state index is -0.371. The third-order valence-corrected chi connectivity index (χ3v) is 3.67. The molecule has 4 nitrogen and oxygen atoms in total. The van der Waals surface area contributed by atoms with Crippen LogP contribution in [0.25, 0.3) is 22.0 Å². The minimum Gasteiger partial charge on any atom is -0.361 e. The number of non-ortho nitro benzene ring substituents is 1. The molecule has 1 unspecified atom stereocenters. The van der Waals surface area contributed by atoms with Crippen LogP contribution >= 0.6 is 0 Å². The highest BCUT2D eigenvalue weighted by atomic mass is 16.6. The zero-order valence-electron chi connectivity index (χ0n) is 11.7. The second kappa shape index (κ2) is 5.05. The highest BCUT2D eigenvalue weighted by Crippen LogP contribution is 2.31. The van der Waals surface area contributed by atoms with Gasteiger partial charge in [-0.2, -0.15) is 0 Å². The fourth-order valence-electron chi connectivity index (χ4n) is 2.45. The lowest BCUT2D eigenvalue weighted by molar-refractivity contribution is -0.384. The maximum absolute atomic E-state index is 10.9. The molecule has 0 spiro atoms. The number of aromatic nitrogens is 1. The normalized spacial score (nSPS) is 11.2. The molecule has 0 amide bonds. The van der Waals surface area contributed by atoms with E-state index in [1.807, 2.05) is 37.4 Å². The molecule has 2 aromatic carbocycles. The van der Waals surface area contributed by atoms with Crippen LogP contribution in [-0.4, -0.2) is 9.91 Å². The summed E-state index contributed by atoms with van der Waals surface area (Å²) in [7, 11) is 0. The quantitative estimate of drug-likeness (QED) is 0.559. The van der Waals surface area contributed by atoms with Gasteiger partial charge in [0, 0.05) is 34.8 Å². The van der Waals surface area contributed by atoms with E-state index >= 15 is 0 Å². The molecule has 1 heterocycles. The van der Waals surface area contributed by atoms with Crippen LogP contribution in [0.4, 0.5) is 5.69 Å². The van der Waals surface area contributed by atoms with Crippen molar-refractivity contribution in [3.05, 3.63) is 71.3 Å². The second-order valence-electron chi connectivity index (χ2n) is 5.21. The molecule has 0 aliphatic carbocycles. The van der Waals surface area contributed by atoms with Gasteiger partial charge in [-0.1, -0.05) is 31.2 Å². The third-order valence-electron chi connectivity index (χ3n) is 3.67. The van der Waals surface area contributed by atoms with Gasteiger partial charge in [-0.05, 0) is 30.0 Å². The summed E-state index contributed by atoms with van der Waals surface area (Å²) in [6.07, 6.45) is 1.89. The minimum absolute atomic E-state index is 0.103. The van der Waals surface area contributed by atoms with Gasteiger partial charge in [-0.3, -0.25) is 10.1 Å². The van der Waals surface area contributed by atoms with Crippen molar-refractivity contribution in [3.63, 3.8) is 0 Å². The van der Waals surface area contributed by atoms with Gasteiger partial charge in [0.05, 0.1) is 4.92 Å². The number of rotatable bonds is 3. The zero-order valence-corrected chi connectivity index (χ0v) is 11.7. The molecule has 21 heavy (non-hydrogen) atoms. The highest BCUT2D eigenvalue weighted by Gasteiger charge is 2.11. The summed E-state index contributed by atoms with van der Waals surface area (Å²) in [4.78, 5) is 13.7. The summed E-state index contributed by atoms with van der Waals surface area (Å²) in [5, 5.41) is 11.8. The summed E-state index contributed by atoms with van der Waals surface area (Å²) in [6.45, 7) is 6.05. The lowest BCUT2D eigenvalue weighted by Crippen LogP contribution is -1.88. The summed E-state index contributed by atoms with van der Waals surface area (Å²) >= 11 is 0. The Morgan fingerprint density at radius 2 is 1.90 bits per heavy atom. The Balaban J connectivity index is 2.11. The van der Waals surface area contributed by atoms with E-state index in [2.05, 4.69) is 11.9 Å². The molecule has 0 bridgehead atoms. The number of hydrogen-bond acceptors (Lipinski definition) is 2. The molecule has 3 rings (SSSR count). The Hall–Kier alpha value is -2.62. The Labute approximate surface area is 122 Å². The van der Waals surface area contributed by atoms with E-state index in [9.17, 15) is 10.1 Å². The van der Waals surface area contributed by atoms with E-state index in [1.165, 1.54) is 11.6 Å². The van der Waals surface area contributed by atoms with Crippen molar-refractivity contribution in [1.29, 1.82) is 0 Å². The van der Waals surface area contributed by atoms with Crippen LogP contribution in [-0.2, 0) is 0 Å². The average Bonchev–Trinajstić information content (AvgIpc) is 2.90. The molecule has 1 radical (unpaired) electrons. The molecule has 0 fully saturated rings. The number of nitrogens with zero attached hydrogens (tertiary/aromatic N) is 1. The molecule has 4 heteroatoms. The fraction of sp³-hybridized carbons (Fsp3) is 0.118. The van der Waals surface area contributed by atoms with Gasteiger partial charge in [0.2, 0.25) is 0 Å². The maximum atomic E-state index is 10.9. The van der Waals surface area contributed by atoms with Gasteiger partial charge >= 0.3 is 0 Å². The smallest absolute Gasteiger partial charge is 0.270 e. The number of nitrogens with one attached hydrogen (secondary N) is 1. The van der Waals surface area contributed by atoms with Crippen LogP contribution in [0.3, 0.4) is 0 Å². The van der Waals surface area contributed by atoms with E-state index in [-0.39, 0.29) is 16.5 Å². The van der Waals surface area contributed by atoms with E-state index < -0.39 is 0 Å². The molecule has 1 N–H and O–H groups in total. The molecule has 1 aromatic heterocycles. The Bertz CT molecular complexity index is 801. The first kappa shape index (κ1) is 13.4. The SMILES string of the molecule is [CH2]C(C)c1ccc(-c2c[nH]c3ccc([N+](=O)[O-])cc23)cc1. The fourth-order valence-corrected chi connectivity index (χ4v) is 2.45. The standard InChI is InChI=1S/C17H15N2O2/c1-11(2)12-3-5-13(6-4-12)16-10-18-17-8-7-14(19(20)21)9-15(16)17/h3-11,18H,1H2,2H3. The predicted octanol–water partition coefficient (Wildman–Crippen LogP) is 4.68. The molecule has 105 valence electrons. The van der Waals surface area contributed by atoms with E-state index in [4.69, 9.17) is 0 Å². The van der Waals surface area contributed by atoms with Gasteiger partial charge < -0.3 is 4.98 Å². The number of nitro groups is 1. The van der Waals surface area contributed by atoms with Crippen LogP contribution in [0.1, 0.15) is 18.4 Å². The Morgan fingerprint density at radius 1 is 1.19 bits per heavy atom. The monoisotopic (exact) mass is 279 g/mol. The first-order valence-electron chi connectivity index (χ1n) is 6.75. The zero-order chi connectivity index (χ0) is 15.0. The van der Waals surface area contributed by atoms with E-state index in [0.717, 1.165) is 22.0 Å². The first-order valence-corrected chi connectivity index (χ1v) is 6.75. The van der Waals surface area contributed by atoms with Crippen LogP contribution in [0.2, 0.25) is 0 Å². The molecule has 3 aromatic rings. The number of nitro benzene ring substituents is 1. The van der Waals surface area contributed by atoms with Crippen molar-refractivity contribution in [3.8, 4) is 11.1 Å². The Kier molecular flexibility index (Phi) is 3.22. The van der Waals surface area contributed by atoms with Crippen molar-refractivity contribution in [2.75, 3.05) is 0 Å². The predicted molar refractivity (Wildman–Crippen MR) is 84.2 cm³/mol. The molecule has 0 saturated carbocycles. The number of hydrogen-bond donors (Lipinski definition) is 1. The van der Waals surface area contributed by atoms with Gasteiger partial charge in [0.15, 0.2) is 0 Å². The maximum Gasteiger partial charge on any atom is 0.270 e. The van der Waals surface area contributed by atoms with Crippen LogP contribution in [0.15, 0.2) is 48.7 Å². The molecule has 0 aliphatic heterocycles. The molecular formula is C17H15N2O2. The summed E-state index contributed by atoms with van der Waals surface area (Å²) in [5.41, 5.74) is 4.17. The Morgan fingerprint density at radius 3 is 2.52 bits per heavy atom. The lowest BCUT2D eigenvalue weighted by Gasteiger charge is -2.06. The highest BCUT2D eigenvalue weighted by molar-refractivity contribution is 5.96. The van der Waals surface area contributed by atoms with Crippen molar-refractivity contribution in [2.24, 2.45) is 0 Å². The average molecular weight is 279 g/mol. The third kappa shape index (κ3) is 2.40. The van der Waals surface area contributed by atoms with Crippen molar-refractivity contribution >= 4 is 16.6 Å². The number of fused-ring (bicyclic) bond motifs is 1. The van der Waals surface area contributed by atoms with Crippen molar-refractivity contribution in [2.45, 2.75) is 12.8 Å². The number of aromatic amines is 1. The van der Waals surface area contributed by atoms with Gasteiger partial charge in [0.1, 0.15) is 0 Å². The van der Waals surface area contributed by atoms with Gasteiger partial charge in [-0.25, -0.2) is 0 Å². The molecular weight excluding hydrogens is 264 g/mol. The van der Waals surface area contributed by atoms with Gasteiger partial charge in [0.25, 0.3) is 5.69 Å². The topological polar surface area (TPSA) is 58.9 Å². The van der Waals surface area contributed by atoms with Crippen LogP contribution < -0.4 is 0 Å². The van der Waals surface area contributed by atoms with E-state index in [0.29, 0.717) is 0 Å². The summed E-state index contributed by atoms with van der Waals surface area (Å²) < 4.78 is 0. The van der Waals surface area contributed by atoms with Crippen LogP contribution in [0.5, 0.6) is 0 Å². The lowest BCUT2D eigenvalue weighted by atomic mass is 9.98. The van der Waals surface area contributed by atoms with Crippen molar-refractivity contribution in [1.82, 2.24) is 4.98 Å². The number of benzene rings is 2. The van der Waals surface area contributed by atoms with Gasteiger partial charge in [-0.15, -0.1) is 0 Å². The molecule has 1 atom stereocenters. The van der Waals surface area contributed by atoms with E-state index in [1.54, 1.807) is 12.1 Å². The summed E-state index contributed by atoms with van der Waals surface area (Å²) in [5.74, 6) is 0.239. The molecule has 0 aliphatic rings. The second-order valence-corrected chi connectivity index (χ2v) is 5.21.